The number of benzene rings is 2. The molecule has 0 aliphatic rings. The number of aromatic nitrogens is 2. The van der Waals surface area contributed by atoms with Crippen molar-refractivity contribution in [3.05, 3.63) is 75.5 Å². The van der Waals surface area contributed by atoms with Crippen LogP contribution in [0.25, 0.3) is 11.3 Å². The van der Waals surface area contributed by atoms with Gasteiger partial charge < -0.3 is 5.32 Å². The largest absolute Gasteiger partial charge is 0.324 e. The van der Waals surface area contributed by atoms with Crippen molar-refractivity contribution < 1.29 is 18.0 Å². The number of carbonyl (C=O) groups excluding carboxylic acids is 2. The second-order valence-electron chi connectivity index (χ2n) is 6.46. The number of amides is 2. The Hall–Kier alpha value is -3.31. The first-order valence-corrected chi connectivity index (χ1v) is 11.2. The number of rotatable bonds is 6. The molecule has 11 heteroatoms. The van der Waals surface area contributed by atoms with Crippen LogP contribution in [0, 0.1) is 0 Å². The van der Waals surface area contributed by atoms with Crippen LogP contribution in [0.3, 0.4) is 0 Å². The quantitative estimate of drug-likeness (QED) is 0.529. The predicted octanol–water partition coefficient (Wildman–Crippen LogP) is 2.14. The minimum Gasteiger partial charge on any atom is -0.324 e. The van der Waals surface area contributed by atoms with E-state index in [0.717, 1.165) is 21.6 Å². The molecule has 2 N–H and O–H groups in total. The van der Waals surface area contributed by atoms with Crippen LogP contribution in [0.15, 0.2) is 74.8 Å². The summed E-state index contributed by atoms with van der Waals surface area (Å²) >= 11 is 3.35. The van der Waals surface area contributed by atoms with E-state index in [4.69, 9.17) is 0 Å². The molecule has 2 amide bonds. The summed E-state index contributed by atoms with van der Waals surface area (Å²) in [6.45, 7) is 0.767. The van der Waals surface area contributed by atoms with Crippen molar-refractivity contribution in [2.24, 2.45) is 0 Å². The van der Waals surface area contributed by atoms with Gasteiger partial charge in [-0.25, -0.2) is 17.8 Å². The molecule has 0 aliphatic heterocycles. The van der Waals surface area contributed by atoms with Crippen LogP contribution in [0.2, 0.25) is 0 Å². The van der Waals surface area contributed by atoms with E-state index in [0.29, 0.717) is 11.4 Å². The Morgan fingerprint density at radius 1 is 1.00 bits per heavy atom. The summed E-state index contributed by atoms with van der Waals surface area (Å²) in [5.74, 6) is -1.22. The summed E-state index contributed by atoms with van der Waals surface area (Å²) in [5.41, 5.74) is 1.21. The van der Waals surface area contributed by atoms with Crippen molar-refractivity contribution in [1.29, 1.82) is 0 Å². The predicted molar refractivity (Wildman–Crippen MR) is 118 cm³/mol. The molecule has 0 saturated heterocycles. The van der Waals surface area contributed by atoms with Crippen LogP contribution in [0.5, 0.6) is 0 Å². The fraction of sp³-hybridized carbons (Fsp3) is 0.100. The van der Waals surface area contributed by atoms with Gasteiger partial charge >= 0.3 is 0 Å². The molecule has 0 aliphatic carbocycles. The van der Waals surface area contributed by atoms with Crippen LogP contribution in [-0.4, -0.2) is 30.0 Å². The lowest BCUT2D eigenvalue weighted by Gasteiger charge is -2.09. The van der Waals surface area contributed by atoms with E-state index < -0.39 is 27.4 Å². The Morgan fingerprint density at radius 2 is 1.65 bits per heavy atom. The molecule has 160 valence electrons. The number of halogens is 1. The van der Waals surface area contributed by atoms with Crippen LogP contribution in [-0.2, 0) is 26.2 Å². The zero-order chi connectivity index (χ0) is 22.6. The summed E-state index contributed by atoms with van der Waals surface area (Å²) in [6, 6.07) is 15.5. The highest BCUT2D eigenvalue weighted by molar-refractivity contribution is 9.10. The van der Waals surface area contributed by atoms with Crippen molar-refractivity contribution in [3.8, 4) is 11.3 Å². The highest BCUT2D eigenvalue weighted by Crippen LogP contribution is 2.19. The van der Waals surface area contributed by atoms with Gasteiger partial charge in [0.1, 0.15) is 6.54 Å². The zero-order valence-corrected chi connectivity index (χ0v) is 18.6. The fourth-order valence-corrected chi connectivity index (χ4v) is 3.89. The lowest BCUT2D eigenvalue weighted by Crippen LogP contribution is -2.29. The van der Waals surface area contributed by atoms with E-state index >= 15 is 0 Å². The molecular formula is C20H17BrN4O5S. The van der Waals surface area contributed by atoms with Crippen LogP contribution < -0.4 is 15.6 Å². The summed E-state index contributed by atoms with van der Waals surface area (Å²) in [6.07, 6.45) is 0. The molecule has 2 aromatic carbocycles. The fourth-order valence-electron chi connectivity index (χ4n) is 2.64. The molecule has 3 aromatic rings. The van der Waals surface area contributed by atoms with E-state index in [-0.39, 0.29) is 11.4 Å². The number of carbonyl (C=O) groups is 2. The normalized spacial score (nSPS) is 11.0. The lowest BCUT2D eigenvalue weighted by molar-refractivity contribution is -0.118. The summed E-state index contributed by atoms with van der Waals surface area (Å²) in [7, 11) is -3.96. The monoisotopic (exact) mass is 504 g/mol. The first kappa shape index (κ1) is 22.4. The molecule has 0 radical (unpaired) electrons. The van der Waals surface area contributed by atoms with Crippen LogP contribution >= 0.6 is 15.9 Å². The van der Waals surface area contributed by atoms with E-state index in [1.807, 2.05) is 29.0 Å². The van der Waals surface area contributed by atoms with Gasteiger partial charge in [-0.3, -0.25) is 14.4 Å². The molecule has 1 aromatic heterocycles. The Balaban J connectivity index is 1.72. The van der Waals surface area contributed by atoms with Gasteiger partial charge in [0, 0.05) is 28.7 Å². The van der Waals surface area contributed by atoms with Gasteiger partial charge in [-0.05, 0) is 42.5 Å². The number of anilines is 1. The average Bonchev–Trinajstić information content (AvgIpc) is 2.70. The summed E-state index contributed by atoms with van der Waals surface area (Å²) in [4.78, 5) is 35.3. The maximum atomic E-state index is 12.4. The van der Waals surface area contributed by atoms with E-state index in [1.165, 1.54) is 30.3 Å². The Labute approximate surface area is 186 Å². The standard InChI is InChI=1S/C20H17BrN4O5S/c1-13(26)24-31(29,30)17-8-6-16(7-9-17)22-19(27)12-25-20(28)11-10-18(23-25)14-2-4-15(21)5-3-14/h2-11H,12H2,1H3,(H,22,27)(H,24,26). The second-order valence-corrected chi connectivity index (χ2v) is 9.05. The van der Waals surface area contributed by atoms with Gasteiger partial charge in [0.05, 0.1) is 10.6 Å². The molecule has 3 rings (SSSR count). The SMILES string of the molecule is CC(=O)NS(=O)(=O)c1ccc(NC(=O)Cn2nc(-c3ccc(Br)cc3)ccc2=O)cc1. The molecular weight excluding hydrogens is 488 g/mol. The number of nitrogens with one attached hydrogen (secondary N) is 2. The van der Waals surface area contributed by atoms with Crippen LogP contribution in [0.1, 0.15) is 6.92 Å². The first-order valence-electron chi connectivity index (χ1n) is 8.91. The Morgan fingerprint density at radius 3 is 2.26 bits per heavy atom. The number of sulfonamides is 1. The minimum absolute atomic E-state index is 0.124. The molecule has 0 atom stereocenters. The van der Waals surface area contributed by atoms with Crippen molar-refractivity contribution in [2.45, 2.75) is 18.4 Å². The number of hydrogen-bond acceptors (Lipinski definition) is 6. The van der Waals surface area contributed by atoms with E-state index in [2.05, 4.69) is 26.3 Å². The van der Waals surface area contributed by atoms with Gasteiger partial charge in [-0.15, -0.1) is 0 Å². The molecule has 0 saturated carbocycles. The zero-order valence-electron chi connectivity index (χ0n) is 16.2. The molecule has 0 fully saturated rings. The molecule has 0 unspecified atom stereocenters. The summed E-state index contributed by atoms with van der Waals surface area (Å²) in [5, 5.41) is 6.81. The van der Waals surface area contributed by atoms with Gasteiger partial charge in [0.15, 0.2) is 0 Å². The molecule has 31 heavy (non-hydrogen) atoms. The third-order valence-corrected chi connectivity index (χ3v) is 6.00. The highest BCUT2D eigenvalue weighted by Gasteiger charge is 2.15. The third-order valence-electron chi connectivity index (χ3n) is 4.03. The van der Waals surface area contributed by atoms with Crippen molar-refractivity contribution in [3.63, 3.8) is 0 Å². The average molecular weight is 505 g/mol. The van der Waals surface area contributed by atoms with Gasteiger partial charge in [0.2, 0.25) is 11.8 Å². The Bertz CT molecular complexity index is 1290. The Kier molecular flexibility index (Phi) is 6.66. The van der Waals surface area contributed by atoms with E-state index in [9.17, 15) is 22.8 Å². The number of hydrogen-bond donors (Lipinski definition) is 2. The van der Waals surface area contributed by atoms with Gasteiger partial charge in [0.25, 0.3) is 15.6 Å². The highest BCUT2D eigenvalue weighted by atomic mass is 79.9. The molecule has 9 nitrogen and oxygen atoms in total. The van der Waals surface area contributed by atoms with E-state index in [1.54, 1.807) is 6.07 Å². The maximum absolute atomic E-state index is 12.4. The second kappa shape index (κ2) is 9.23. The topological polar surface area (TPSA) is 127 Å². The molecule has 1 heterocycles. The van der Waals surface area contributed by atoms with Gasteiger partial charge in [-0.1, -0.05) is 28.1 Å². The minimum atomic E-state index is -3.96. The van der Waals surface area contributed by atoms with Crippen molar-refractivity contribution in [2.75, 3.05) is 5.32 Å². The smallest absolute Gasteiger partial charge is 0.267 e. The van der Waals surface area contributed by atoms with Gasteiger partial charge in [-0.2, -0.15) is 5.10 Å². The molecule has 0 spiro atoms. The first-order chi connectivity index (χ1) is 14.6. The summed E-state index contributed by atoms with van der Waals surface area (Å²) < 4.78 is 27.7. The molecule has 0 bridgehead atoms. The van der Waals surface area contributed by atoms with Crippen molar-refractivity contribution >= 4 is 43.5 Å². The maximum Gasteiger partial charge on any atom is 0.267 e. The van der Waals surface area contributed by atoms with Crippen molar-refractivity contribution in [1.82, 2.24) is 14.5 Å². The lowest BCUT2D eigenvalue weighted by atomic mass is 10.1. The number of nitrogens with zero attached hydrogens (tertiary/aromatic N) is 2. The third kappa shape index (κ3) is 5.86. The van der Waals surface area contributed by atoms with Crippen LogP contribution in [0.4, 0.5) is 5.69 Å².